The largest absolute Gasteiger partial charge is 0.454 e. The first kappa shape index (κ1) is 77.3. The number of esters is 1. The fourth-order valence-corrected chi connectivity index (χ4v) is 9.86. The first-order valence-electron chi connectivity index (χ1n) is 33.7. The van der Waals surface area contributed by atoms with Crippen molar-refractivity contribution in [2.24, 2.45) is 0 Å². The van der Waals surface area contributed by atoms with Crippen LogP contribution in [-0.2, 0) is 23.8 Å². The molecule has 6 N–H and O–H groups in total. The molecule has 11 nitrogen and oxygen atoms in total. The SMILES string of the molecule is CC/C=C\C/C=C\C/C=C\C/C=C\C/C=C\CCCCCC(=O)OC1C(OCC(NC(=O)C(O)CCCCCCCCCCCCC/C=C\C/C=C\C/C=C\CCCCC)C(O)/C=C/CCCCCCCCCCC)OC(CO)C(O)C1O. The molecule has 0 aromatic heterocycles. The van der Waals surface area contributed by atoms with Crippen LogP contribution in [0, 0.1) is 0 Å². The van der Waals surface area contributed by atoms with Crippen molar-refractivity contribution in [3.8, 4) is 0 Å². The zero-order valence-corrected chi connectivity index (χ0v) is 52.8. The molecule has 83 heavy (non-hydrogen) atoms. The van der Waals surface area contributed by atoms with Crippen molar-refractivity contribution in [1.82, 2.24) is 5.32 Å². The van der Waals surface area contributed by atoms with Crippen LogP contribution in [0.4, 0.5) is 0 Å². The summed E-state index contributed by atoms with van der Waals surface area (Å²) in [5.41, 5.74) is 0. The summed E-state index contributed by atoms with van der Waals surface area (Å²) in [5, 5.41) is 57.1. The van der Waals surface area contributed by atoms with Gasteiger partial charge in [-0.2, -0.15) is 0 Å². The molecular weight excluding hydrogens is 1040 g/mol. The normalized spacial score (nSPS) is 19.3. The van der Waals surface area contributed by atoms with Crippen LogP contribution in [-0.4, -0.2) is 99.6 Å². The molecule has 0 aliphatic carbocycles. The van der Waals surface area contributed by atoms with E-state index in [1.54, 1.807) is 6.08 Å². The highest BCUT2D eigenvalue weighted by Crippen LogP contribution is 2.26. The van der Waals surface area contributed by atoms with Gasteiger partial charge in [0.05, 0.1) is 25.4 Å². The molecule has 1 rings (SSSR count). The third kappa shape index (κ3) is 46.2. The van der Waals surface area contributed by atoms with E-state index in [9.17, 15) is 35.1 Å². The zero-order valence-electron chi connectivity index (χ0n) is 52.8. The smallest absolute Gasteiger partial charge is 0.306 e. The molecule has 0 bridgehead atoms. The summed E-state index contributed by atoms with van der Waals surface area (Å²) in [6.45, 7) is 5.63. The van der Waals surface area contributed by atoms with E-state index in [0.717, 1.165) is 116 Å². The number of nitrogens with one attached hydrogen (secondary N) is 1. The minimum atomic E-state index is -1.63. The standard InChI is InChI=1S/C72H123NO10/c1-4-7-10-13-16-19-22-24-26-28-30-31-32-33-34-36-37-39-41-44-47-50-53-56-59-65(76)71(80)73-63(64(75)58-55-52-49-46-43-21-18-15-12-9-6-3)62-81-72-70(69(79)68(78)66(61-74)82-72)83-67(77)60-57-54-51-48-45-42-40-38-35-29-27-25-23-20-17-14-11-8-5-2/h8,11,16-17,19-20,24-27,30-31,35,38,42,45,55,58,63-66,68-70,72,74-76,78-79H,4-7,9-10,12-15,18,21-23,28-29,32-34,36-37,39-41,43-44,46-54,56-57,59-62H2,1-3H3,(H,73,80)/b11-8-,19-16-,20-17-,26-24-,27-25-,31-30-,38-35-,45-42-,58-55+. The number of carbonyl (C=O) groups is 2. The van der Waals surface area contributed by atoms with E-state index >= 15 is 0 Å². The monoisotopic (exact) mass is 1160 g/mol. The molecule has 8 atom stereocenters. The van der Waals surface area contributed by atoms with Gasteiger partial charge in [0.2, 0.25) is 5.91 Å². The predicted molar refractivity (Wildman–Crippen MR) is 347 cm³/mol. The van der Waals surface area contributed by atoms with Crippen LogP contribution in [0.15, 0.2) is 109 Å². The molecule has 1 amide bonds. The Morgan fingerprint density at radius 3 is 1.33 bits per heavy atom. The zero-order chi connectivity index (χ0) is 60.3. The number of unbranched alkanes of at least 4 members (excludes halogenated alkanes) is 26. The van der Waals surface area contributed by atoms with Gasteiger partial charge >= 0.3 is 5.97 Å². The van der Waals surface area contributed by atoms with E-state index in [-0.39, 0.29) is 19.4 Å². The summed E-state index contributed by atoms with van der Waals surface area (Å²) in [6, 6.07) is -1.04. The van der Waals surface area contributed by atoms with Gasteiger partial charge in [0.25, 0.3) is 0 Å². The van der Waals surface area contributed by atoms with Gasteiger partial charge in [-0.1, -0.05) is 265 Å². The van der Waals surface area contributed by atoms with E-state index in [1.807, 2.05) is 6.08 Å². The Bertz CT molecular complexity index is 1770. The fraction of sp³-hybridized carbons (Fsp3) is 0.722. The van der Waals surface area contributed by atoms with Crippen molar-refractivity contribution in [2.75, 3.05) is 13.2 Å². The number of hydrogen-bond donors (Lipinski definition) is 6. The van der Waals surface area contributed by atoms with Crippen molar-refractivity contribution in [3.63, 3.8) is 0 Å². The van der Waals surface area contributed by atoms with E-state index < -0.39 is 67.4 Å². The second kappa shape index (κ2) is 58.7. The molecule has 1 aliphatic rings. The highest BCUT2D eigenvalue weighted by atomic mass is 16.7. The van der Waals surface area contributed by atoms with E-state index in [0.29, 0.717) is 12.8 Å². The molecule has 11 heteroatoms. The van der Waals surface area contributed by atoms with Gasteiger partial charge in [-0.25, -0.2) is 0 Å². The van der Waals surface area contributed by atoms with Gasteiger partial charge in [-0.3, -0.25) is 9.59 Å². The van der Waals surface area contributed by atoms with Crippen LogP contribution < -0.4 is 5.32 Å². The summed E-state index contributed by atoms with van der Waals surface area (Å²) in [6.07, 6.45) is 69.8. The maximum absolute atomic E-state index is 13.5. The molecule has 1 fully saturated rings. The number of amides is 1. The molecule has 0 aromatic carbocycles. The van der Waals surface area contributed by atoms with Gasteiger partial charge in [0, 0.05) is 6.42 Å². The minimum Gasteiger partial charge on any atom is -0.454 e. The van der Waals surface area contributed by atoms with Crippen LogP contribution in [0.5, 0.6) is 0 Å². The first-order valence-corrected chi connectivity index (χ1v) is 33.7. The topological polar surface area (TPSA) is 175 Å². The summed E-state index contributed by atoms with van der Waals surface area (Å²) < 4.78 is 17.6. The lowest BCUT2D eigenvalue weighted by Gasteiger charge is -2.41. The average Bonchev–Trinajstić information content (AvgIpc) is 3.69. The van der Waals surface area contributed by atoms with Crippen molar-refractivity contribution in [3.05, 3.63) is 109 Å². The molecule has 0 aromatic rings. The maximum atomic E-state index is 13.5. The first-order chi connectivity index (χ1) is 40.7. The van der Waals surface area contributed by atoms with E-state index in [1.165, 1.54) is 109 Å². The molecular formula is C72H123NO10. The number of allylic oxidation sites excluding steroid dienone is 17. The molecule has 0 radical (unpaired) electrons. The quantitative estimate of drug-likeness (QED) is 0.0195. The Kier molecular flexibility index (Phi) is 54.7. The van der Waals surface area contributed by atoms with Crippen LogP contribution in [0.25, 0.3) is 0 Å². The Hall–Kier alpha value is -3.68. The third-order valence-electron chi connectivity index (χ3n) is 15.2. The number of rotatable bonds is 56. The summed E-state index contributed by atoms with van der Waals surface area (Å²) >= 11 is 0. The summed E-state index contributed by atoms with van der Waals surface area (Å²) in [4.78, 5) is 26.6. The summed E-state index contributed by atoms with van der Waals surface area (Å²) in [5.74, 6) is -1.23. The average molecular weight is 1160 g/mol. The number of ether oxygens (including phenoxy) is 3. The van der Waals surface area contributed by atoms with Crippen molar-refractivity contribution < 1.29 is 49.3 Å². The van der Waals surface area contributed by atoms with Crippen LogP contribution >= 0.6 is 0 Å². The Morgan fingerprint density at radius 1 is 0.482 bits per heavy atom. The lowest BCUT2D eigenvalue weighted by atomic mass is 9.99. The lowest BCUT2D eigenvalue weighted by Crippen LogP contribution is -2.61. The van der Waals surface area contributed by atoms with Crippen LogP contribution in [0.1, 0.15) is 271 Å². The minimum absolute atomic E-state index is 0.0794. The molecule has 1 heterocycles. The lowest BCUT2D eigenvalue weighted by molar-refractivity contribution is -0.305. The maximum Gasteiger partial charge on any atom is 0.306 e. The molecule has 1 saturated heterocycles. The number of aliphatic hydroxyl groups excluding tert-OH is 5. The van der Waals surface area contributed by atoms with Gasteiger partial charge in [0.1, 0.15) is 24.4 Å². The highest BCUT2D eigenvalue weighted by Gasteiger charge is 2.47. The number of aliphatic hydroxyl groups is 5. The highest BCUT2D eigenvalue weighted by molar-refractivity contribution is 5.80. The number of carbonyl (C=O) groups excluding carboxylic acids is 2. The molecule has 0 saturated carbocycles. The van der Waals surface area contributed by atoms with Gasteiger partial charge in [-0.05, 0) is 109 Å². The Balaban J connectivity index is 2.62. The van der Waals surface area contributed by atoms with Crippen LogP contribution in [0.3, 0.4) is 0 Å². The fourth-order valence-electron chi connectivity index (χ4n) is 9.86. The third-order valence-corrected chi connectivity index (χ3v) is 15.2. The van der Waals surface area contributed by atoms with Crippen molar-refractivity contribution >= 4 is 11.9 Å². The molecule has 476 valence electrons. The van der Waals surface area contributed by atoms with Crippen molar-refractivity contribution in [2.45, 2.75) is 320 Å². The molecule has 1 aliphatic heterocycles. The predicted octanol–water partition coefficient (Wildman–Crippen LogP) is 16.8. The second-order valence-corrected chi connectivity index (χ2v) is 22.8. The van der Waals surface area contributed by atoms with Gasteiger partial charge in [-0.15, -0.1) is 0 Å². The van der Waals surface area contributed by atoms with Crippen LogP contribution in [0.2, 0.25) is 0 Å². The van der Waals surface area contributed by atoms with E-state index in [2.05, 4.69) is 123 Å². The molecule has 0 spiro atoms. The summed E-state index contributed by atoms with van der Waals surface area (Å²) in [7, 11) is 0. The van der Waals surface area contributed by atoms with Gasteiger partial charge < -0.3 is 45.1 Å². The Morgan fingerprint density at radius 2 is 0.867 bits per heavy atom. The van der Waals surface area contributed by atoms with Crippen molar-refractivity contribution in [1.29, 1.82) is 0 Å². The Labute approximate surface area is 507 Å². The molecule has 8 unspecified atom stereocenters. The second-order valence-electron chi connectivity index (χ2n) is 22.8. The number of hydrogen-bond acceptors (Lipinski definition) is 10. The van der Waals surface area contributed by atoms with Gasteiger partial charge in [0.15, 0.2) is 12.4 Å². The van der Waals surface area contributed by atoms with E-state index in [4.69, 9.17) is 14.2 Å².